The van der Waals surface area contributed by atoms with Crippen LogP contribution in [0.15, 0.2) is 0 Å². The Kier molecular flexibility index (Phi) is 4.78. The van der Waals surface area contributed by atoms with Crippen LogP contribution in [0.4, 0.5) is 0 Å². The third-order valence-electron chi connectivity index (χ3n) is 3.09. The van der Waals surface area contributed by atoms with E-state index in [0.29, 0.717) is 6.04 Å². The Hall–Kier alpha value is -0.570. The van der Waals surface area contributed by atoms with E-state index < -0.39 is 0 Å². The molecule has 1 rings (SSSR count). The quantitative estimate of drug-likeness (QED) is 0.750. The fourth-order valence-electron chi connectivity index (χ4n) is 2.34. The molecule has 1 atom stereocenters. The van der Waals surface area contributed by atoms with E-state index in [4.69, 9.17) is 4.74 Å². The van der Waals surface area contributed by atoms with Gasteiger partial charge in [0, 0.05) is 6.04 Å². The van der Waals surface area contributed by atoms with Crippen LogP contribution >= 0.6 is 0 Å². The molecule has 0 spiro atoms. The maximum Gasteiger partial charge on any atom is 0.322 e. The fraction of sp³-hybridized carbons (Fsp3) is 0.923. The van der Waals surface area contributed by atoms with Gasteiger partial charge < -0.3 is 10.1 Å². The highest BCUT2D eigenvalue weighted by Crippen LogP contribution is 2.24. The molecule has 0 aromatic heterocycles. The molecule has 1 fully saturated rings. The van der Waals surface area contributed by atoms with Crippen molar-refractivity contribution in [2.45, 2.75) is 65.0 Å². The third-order valence-corrected chi connectivity index (χ3v) is 3.09. The van der Waals surface area contributed by atoms with Crippen LogP contribution in [0.2, 0.25) is 0 Å². The Bertz CT molecular complexity index is 227. The summed E-state index contributed by atoms with van der Waals surface area (Å²) in [5, 5.41) is 3.45. The van der Waals surface area contributed by atoms with Crippen molar-refractivity contribution in [2.24, 2.45) is 5.41 Å². The topological polar surface area (TPSA) is 38.3 Å². The van der Waals surface area contributed by atoms with E-state index in [9.17, 15) is 4.79 Å². The molecule has 0 aliphatic heterocycles. The smallest absolute Gasteiger partial charge is 0.322 e. The molecule has 16 heavy (non-hydrogen) atoms. The number of carbonyl (C=O) groups is 1. The van der Waals surface area contributed by atoms with Crippen LogP contribution in [0.25, 0.3) is 0 Å². The van der Waals surface area contributed by atoms with Gasteiger partial charge in [0.25, 0.3) is 0 Å². The average molecular weight is 227 g/mol. The van der Waals surface area contributed by atoms with Crippen LogP contribution in [0, 0.1) is 5.41 Å². The maximum absolute atomic E-state index is 11.7. The summed E-state index contributed by atoms with van der Waals surface area (Å²) < 4.78 is 4.87. The standard InChI is InChI=1S/C13H25NO2/c1-13(2,3)9-11(12(15)16-4)14-10-7-5-6-8-10/h10-11,14H,5-9H2,1-4H3. The number of hydrogen-bond donors (Lipinski definition) is 1. The minimum Gasteiger partial charge on any atom is -0.468 e. The lowest BCUT2D eigenvalue weighted by molar-refractivity contribution is -0.144. The van der Waals surface area contributed by atoms with Gasteiger partial charge in [-0.05, 0) is 24.7 Å². The number of nitrogens with one attached hydrogen (secondary N) is 1. The van der Waals surface area contributed by atoms with Gasteiger partial charge in [-0.15, -0.1) is 0 Å². The van der Waals surface area contributed by atoms with Crippen LogP contribution in [-0.2, 0) is 9.53 Å². The van der Waals surface area contributed by atoms with Crippen molar-refractivity contribution in [3.8, 4) is 0 Å². The lowest BCUT2D eigenvalue weighted by Crippen LogP contribution is -2.44. The van der Waals surface area contributed by atoms with Gasteiger partial charge in [0.2, 0.25) is 0 Å². The number of rotatable bonds is 4. The average Bonchev–Trinajstić information content (AvgIpc) is 2.66. The Morgan fingerprint density at radius 3 is 2.38 bits per heavy atom. The number of esters is 1. The number of carbonyl (C=O) groups excluding carboxylic acids is 1. The molecule has 0 bridgehead atoms. The van der Waals surface area contributed by atoms with E-state index >= 15 is 0 Å². The van der Waals surface area contributed by atoms with Gasteiger partial charge >= 0.3 is 5.97 Å². The van der Waals surface area contributed by atoms with E-state index in [-0.39, 0.29) is 17.4 Å². The van der Waals surface area contributed by atoms with Gasteiger partial charge in [-0.1, -0.05) is 33.6 Å². The van der Waals surface area contributed by atoms with Crippen molar-refractivity contribution in [1.82, 2.24) is 5.32 Å². The molecule has 0 amide bonds. The van der Waals surface area contributed by atoms with Gasteiger partial charge in [0.1, 0.15) is 6.04 Å². The summed E-state index contributed by atoms with van der Waals surface area (Å²) in [6, 6.07) is 0.361. The van der Waals surface area contributed by atoms with Gasteiger partial charge in [0.05, 0.1) is 7.11 Å². The Balaban J connectivity index is 2.52. The largest absolute Gasteiger partial charge is 0.468 e. The monoisotopic (exact) mass is 227 g/mol. The highest BCUT2D eigenvalue weighted by Gasteiger charge is 2.28. The summed E-state index contributed by atoms with van der Waals surface area (Å²) in [5.74, 6) is -0.123. The summed E-state index contributed by atoms with van der Waals surface area (Å²) in [6.45, 7) is 6.46. The summed E-state index contributed by atoms with van der Waals surface area (Å²) in [6.07, 6.45) is 5.77. The SMILES string of the molecule is COC(=O)C(CC(C)(C)C)NC1CCCC1. The van der Waals surface area contributed by atoms with Crippen LogP contribution in [0.3, 0.4) is 0 Å². The molecule has 0 aromatic rings. The molecule has 3 heteroatoms. The summed E-state index contributed by atoms with van der Waals surface area (Å²) >= 11 is 0. The highest BCUT2D eigenvalue weighted by molar-refractivity contribution is 5.75. The van der Waals surface area contributed by atoms with Gasteiger partial charge in [0.15, 0.2) is 0 Å². The Labute approximate surface area is 98.9 Å². The second-order valence-corrected chi connectivity index (χ2v) is 5.99. The molecule has 1 N–H and O–H groups in total. The molecule has 1 aliphatic carbocycles. The Morgan fingerprint density at radius 1 is 1.38 bits per heavy atom. The van der Waals surface area contributed by atoms with E-state index in [0.717, 1.165) is 6.42 Å². The molecule has 3 nitrogen and oxygen atoms in total. The molecule has 0 heterocycles. The molecule has 0 radical (unpaired) electrons. The van der Waals surface area contributed by atoms with E-state index in [2.05, 4.69) is 26.1 Å². The summed E-state index contributed by atoms with van der Waals surface area (Å²) in [5.41, 5.74) is 0.143. The first kappa shape index (κ1) is 13.5. The predicted molar refractivity (Wildman–Crippen MR) is 65.3 cm³/mol. The van der Waals surface area contributed by atoms with Crippen molar-refractivity contribution in [2.75, 3.05) is 7.11 Å². The van der Waals surface area contributed by atoms with E-state index in [1.54, 1.807) is 0 Å². The minimum atomic E-state index is -0.145. The number of methoxy groups -OCH3 is 1. The lowest BCUT2D eigenvalue weighted by Gasteiger charge is -2.27. The highest BCUT2D eigenvalue weighted by atomic mass is 16.5. The van der Waals surface area contributed by atoms with Gasteiger partial charge in [-0.3, -0.25) is 4.79 Å². The molecule has 1 unspecified atom stereocenters. The lowest BCUT2D eigenvalue weighted by atomic mass is 9.87. The first-order valence-corrected chi connectivity index (χ1v) is 6.26. The predicted octanol–water partition coefficient (Wildman–Crippen LogP) is 2.50. The van der Waals surface area contributed by atoms with Crippen molar-refractivity contribution < 1.29 is 9.53 Å². The van der Waals surface area contributed by atoms with Gasteiger partial charge in [-0.2, -0.15) is 0 Å². The van der Waals surface area contributed by atoms with Crippen molar-refractivity contribution in [3.63, 3.8) is 0 Å². The molecule has 1 saturated carbocycles. The zero-order valence-corrected chi connectivity index (χ0v) is 11.0. The van der Waals surface area contributed by atoms with Crippen LogP contribution in [0.1, 0.15) is 52.9 Å². The van der Waals surface area contributed by atoms with Crippen LogP contribution in [-0.4, -0.2) is 25.2 Å². The molecule has 1 aliphatic rings. The van der Waals surface area contributed by atoms with Crippen molar-refractivity contribution >= 4 is 5.97 Å². The maximum atomic E-state index is 11.7. The zero-order chi connectivity index (χ0) is 12.2. The first-order chi connectivity index (χ1) is 7.42. The summed E-state index contributed by atoms with van der Waals surface area (Å²) in [7, 11) is 1.47. The second-order valence-electron chi connectivity index (χ2n) is 5.99. The molecule has 0 aromatic carbocycles. The van der Waals surface area contributed by atoms with Crippen molar-refractivity contribution in [1.29, 1.82) is 0 Å². The first-order valence-electron chi connectivity index (χ1n) is 6.26. The molecular weight excluding hydrogens is 202 g/mol. The number of hydrogen-bond acceptors (Lipinski definition) is 3. The second kappa shape index (κ2) is 5.67. The molecule has 94 valence electrons. The van der Waals surface area contributed by atoms with Crippen LogP contribution < -0.4 is 5.32 Å². The van der Waals surface area contributed by atoms with E-state index in [1.807, 2.05) is 0 Å². The van der Waals surface area contributed by atoms with Crippen molar-refractivity contribution in [3.05, 3.63) is 0 Å². The normalized spacial score (nSPS) is 19.8. The Morgan fingerprint density at radius 2 is 1.94 bits per heavy atom. The molecular formula is C13H25NO2. The molecule has 0 saturated heterocycles. The fourth-order valence-corrected chi connectivity index (χ4v) is 2.34. The van der Waals surface area contributed by atoms with E-state index in [1.165, 1.54) is 32.8 Å². The van der Waals surface area contributed by atoms with Crippen LogP contribution in [0.5, 0.6) is 0 Å². The minimum absolute atomic E-state index is 0.123. The zero-order valence-electron chi connectivity index (χ0n) is 11.0. The van der Waals surface area contributed by atoms with Gasteiger partial charge in [-0.25, -0.2) is 0 Å². The third kappa shape index (κ3) is 4.52. The number of ether oxygens (including phenoxy) is 1. The summed E-state index contributed by atoms with van der Waals surface area (Å²) in [4.78, 5) is 11.7.